The minimum atomic E-state index is -0.411. The molecule has 0 aliphatic rings. The van der Waals surface area contributed by atoms with Crippen molar-refractivity contribution in [3.8, 4) is 11.6 Å². The van der Waals surface area contributed by atoms with Crippen LogP contribution in [0.15, 0.2) is 34.8 Å². The van der Waals surface area contributed by atoms with Gasteiger partial charge in [0.25, 0.3) is 0 Å². The SMILES string of the molecule is CCCNCc1ccc(Oc2cc(Br)ccc2F)nc1C. The van der Waals surface area contributed by atoms with E-state index < -0.39 is 5.82 Å². The number of aromatic nitrogens is 1. The van der Waals surface area contributed by atoms with E-state index in [0.29, 0.717) is 5.88 Å². The number of benzene rings is 1. The lowest BCUT2D eigenvalue weighted by Crippen LogP contribution is -2.15. The number of pyridine rings is 1. The van der Waals surface area contributed by atoms with E-state index in [1.165, 1.54) is 6.07 Å². The van der Waals surface area contributed by atoms with E-state index in [9.17, 15) is 4.39 Å². The van der Waals surface area contributed by atoms with E-state index in [4.69, 9.17) is 4.74 Å². The Balaban J connectivity index is 2.11. The second kappa shape index (κ2) is 7.52. The monoisotopic (exact) mass is 352 g/mol. The van der Waals surface area contributed by atoms with Crippen LogP contribution in [0, 0.1) is 12.7 Å². The van der Waals surface area contributed by atoms with Crippen molar-refractivity contribution < 1.29 is 9.13 Å². The first-order chi connectivity index (χ1) is 10.1. The molecule has 21 heavy (non-hydrogen) atoms. The maximum absolute atomic E-state index is 13.7. The van der Waals surface area contributed by atoms with Crippen LogP contribution >= 0.6 is 15.9 Å². The molecule has 5 heteroatoms. The number of nitrogens with zero attached hydrogens (tertiary/aromatic N) is 1. The predicted molar refractivity (Wildman–Crippen MR) is 85.1 cm³/mol. The molecule has 0 saturated heterocycles. The fraction of sp³-hybridized carbons (Fsp3) is 0.312. The second-order valence-electron chi connectivity index (χ2n) is 4.75. The summed E-state index contributed by atoms with van der Waals surface area (Å²) in [4.78, 5) is 4.37. The van der Waals surface area contributed by atoms with Crippen LogP contribution in [-0.4, -0.2) is 11.5 Å². The highest BCUT2D eigenvalue weighted by Crippen LogP contribution is 2.27. The molecule has 0 radical (unpaired) electrons. The molecule has 0 unspecified atom stereocenters. The minimum Gasteiger partial charge on any atom is -0.436 e. The zero-order valence-electron chi connectivity index (χ0n) is 12.1. The summed E-state index contributed by atoms with van der Waals surface area (Å²) in [6, 6.07) is 8.29. The highest BCUT2D eigenvalue weighted by molar-refractivity contribution is 9.10. The molecule has 0 saturated carbocycles. The van der Waals surface area contributed by atoms with Gasteiger partial charge in [0.05, 0.1) is 0 Å². The molecule has 0 atom stereocenters. The molecule has 0 aliphatic carbocycles. The Morgan fingerprint density at radius 2 is 2.10 bits per heavy atom. The Hall–Kier alpha value is -1.46. The van der Waals surface area contributed by atoms with Crippen molar-refractivity contribution >= 4 is 15.9 Å². The van der Waals surface area contributed by atoms with Crippen LogP contribution < -0.4 is 10.1 Å². The number of rotatable bonds is 6. The number of aryl methyl sites for hydroxylation is 1. The van der Waals surface area contributed by atoms with E-state index in [0.717, 1.165) is 35.2 Å². The van der Waals surface area contributed by atoms with E-state index in [2.05, 4.69) is 33.2 Å². The van der Waals surface area contributed by atoms with Crippen molar-refractivity contribution in [3.63, 3.8) is 0 Å². The van der Waals surface area contributed by atoms with Crippen LogP contribution in [0.1, 0.15) is 24.6 Å². The molecular weight excluding hydrogens is 335 g/mol. The first kappa shape index (κ1) is 15.9. The summed E-state index contributed by atoms with van der Waals surface area (Å²) >= 11 is 3.30. The van der Waals surface area contributed by atoms with Crippen molar-refractivity contribution in [2.75, 3.05) is 6.54 Å². The van der Waals surface area contributed by atoms with Crippen LogP contribution in [0.5, 0.6) is 11.6 Å². The van der Waals surface area contributed by atoms with E-state index in [1.54, 1.807) is 18.2 Å². The Labute approximate surface area is 132 Å². The highest BCUT2D eigenvalue weighted by Gasteiger charge is 2.08. The maximum Gasteiger partial charge on any atom is 0.219 e. The average Bonchev–Trinajstić information content (AvgIpc) is 2.45. The fourth-order valence-electron chi connectivity index (χ4n) is 1.88. The van der Waals surface area contributed by atoms with E-state index in [-0.39, 0.29) is 5.75 Å². The average molecular weight is 353 g/mol. The van der Waals surface area contributed by atoms with Gasteiger partial charge in [-0.25, -0.2) is 9.37 Å². The Kier molecular flexibility index (Phi) is 5.70. The van der Waals surface area contributed by atoms with Gasteiger partial charge >= 0.3 is 0 Å². The molecule has 2 aromatic rings. The molecule has 3 nitrogen and oxygen atoms in total. The summed E-state index contributed by atoms with van der Waals surface area (Å²) in [6.07, 6.45) is 1.09. The molecular formula is C16H18BrFN2O. The van der Waals surface area contributed by atoms with Crippen LogP contribution in [0.2, 0.25) is 0 Å². The van der Waals surface area contributed by atoms with Crippen LogP contribution in [0.25, 0.3) is 0 Å². The largest absolute Gasteiger partial charge is 0.436 e. The van der Waals surface area contributed by atoms with Gasteiger partial charge in [0, 0.05) is 22.8 Å². The van der Waals surface area contributed by atoms with E-state index in [1.807, 2.05) is 13.0 Å². The standard InChI is InChI=1S/C16H18BrFN2O/c1-3-8-19-10-12-4-7-16(20-11(12)2)21-15-9-13(17)5-6-14(15)18/h4-7,9,19H,3,8,10H2,1-2H3. The fourth-order valence-corrected chi connectivity index (χ4v) is 2.22. The van der Waals surface area contributed by atoms with Gasteiger partial charge in [-0.05, 0) is 43.7 Å². The molecule has 0 spiro atoms. The highest BCUT2D eigenvalue weighted by atomic mass is 79.9. The summed E-state index contributed by atoms with van der Waals surface area (Å²) < 4.78 is 19.9. The lowest BCUT2D eigenvalue weighted by Gasteiger charge is -2.10. The number of nitrogens with one attached hydrogen (secondary N) is 1. The molecule has 0 bridgehead atoms. The number of hydrogen-bond acceptors (Lipinski definition) is 3. The molecule has 1 aromatic carbocycles. The normalized spacial score (nSPS) is 10.7. The Bertz CT molecular complexity index is 619. The summed E-state index contributed by atoms with van der Waals surface area (Å²) in [5, 5.41) is 3.33. The van der Waals surface area contributed by atoms with Crippen molar-refractivity contribution in [2.24, 2.45) is 0 Å². The van der Waals surface area contributed by atoms with E-state index >= 15 is 0 Å². The van der Waals surface area contributed by atoms with Gasteiger partial charge in [0.15, 0.2) is 11.6 Å². The van der Waals surface area contributed by atoms with Crippen molar-refractivity contribution in [2.45, 2.75) is 26.8 Å². The van der Waals surface area contributed by atoms with Crippen molar-refractivity contribution in [3.05, 3.63) is 51.9 Å². The molecule has 112 valence electrons. The minimum absolute atomic E-state index is 0.160. The van der Waals surface area contributed by atoms with Gasteiger partial charge < -0.3 is 10.1 Å². The molecule has 0 aliphatic heterocycles. The van der Waals surface area contributed by atoms with Gasteiger partial charge in [0.1, 0.15) is 0 Å². The molecule has 0 amide bonds. The lowest BCUT2D eigenvalue weighted by molar-refractivity contribution is 0.425. The lowest BCUT2D eigenvalue weighted by atomic mass is 10.2. The van der Waals surface area contributed by atoms with Crippen LogP contribution in [0.4, 0.5) is 4.39 Å². The molecule has 1 aromatic heterocycles. The third-order valence-corrected chi connectivity index (χ3v) is 3.51. The molecule has 1 N–H and O–H groups in total. The maximum atomic E-state index is 13.7. The summed E-state index contributed by atoms with van der Waals surface area (Å²) in [6.45, 7) is 5.80. The van der Waals surface area contributed by atoms with Crippen LogP contribution in [0.3, 0.4) is 0 Å². The van der Waals surface area contributed by atoms with Gasteiger partial charge in [-0.1, -0.05) is 28.9 Å². The Morgan fingerprint density at radius 3 is 2.81 bits per heavy atom. The van der Waals surface area contributed by atoms with Gasteiger partial charge in [0.2, 0.25) is 5.88 Å². The van der Waals surface area contributed by atoms with Gasteiger partial charge in [-0.15, -0.1) is 0 Å². The predicted octanol–water partition coefficient (Wildman–Crippen LogP) is 4.58. The third kappa shape index (κ3) is 4.51. The summed E-state index contributed by atoms with van der Waals surface area (Å²) in [5.74, 6) is 0.142. The molecule has 1 heterocycles. The molecule has 0 fully saturated rings. The van der Waals surface area contributed by atoms with Gasteiger partial charge in [-0.2, -0.15) is 0 Å². The zero-order chi connectivity index (χ0) is 15.2. The smallest absolute Gasteiger partial charge is 0.219 e. The number of ether oxygens (including phenoxy) is 1. The third-order valence-electron chi connectivity index (χ3n) is 3.02. The Morgan fingerprint density at radius 1 is 1.29 bits per heavy atom. The molecule has 2 rings (SSSR count). The topological polar surface area (TPSA) is 34.1 Å². The second-order valence-corrected chi connectivity index (χ2v) is 5.66. The van der Waals surface area contributed by atoms with Crippen molar-refractivity contribution in [1.29, 1.82) is 0 Å². The zero-order valence-corrected chi connectivity index (χ0v) is 13.7. The quantitative estimate of drug-likeness (QED) is 0.772. The summed E-state index contributed by atoms with van der Waals surface area (Å²) in [7, 11) is 0. The number of hydrogen-bond donors (Lipinski definition) is 1. The van der Waals surface area contributed by atoms with Crippen LogP contribution in [-0.2, 0) is 6.54 Å². The first-order valence-corrected chi connectivity index (χ1v) is 7.69. The van der Waals surface area contributed by atoms with Gasteiger partial charge in [-0.3, -0.25) is 0 Å². The summed E-state index contributed by atoms with van der Waals surface area (Å²) in [5.41, 5.74) is 2.00. The van der Waals surface area contributed by atoms with Crippen molar-refractivity contribution in [1.82, 2.24) is 10.3 Å². The number of halogens is 2. The first-order valence-electron chi connectivity index (χ1n) is 6.90.